The first-order valence-electron chi connectivity index (χ1n) is 2.99. The third-order valence-corrected chi connectivity index (χ3v) is 0.408. The molecular weight excluding hydrogens is 177 g/mol. The van der Waals surface area contributed by atoms with Gasteiger partial charge in [0.15, 0.2) is 0 Å². The molecule has 0 unspecified atom stereocenters. The minimum atomic E-state index is 0. The molecular formula is C6H16GeO2. The van der Waals surface area contributed by atoms with Crippen LogP contribution in [0, 0.1) is 0 Å². The summed E-state index contributed by atoms with van der Waals surface area (Å²) in [4.78, 5) is 0. The van der Waals surface area contributed by atoms with E-state index in [1.54, 1.807) is 0 Å². The Morgan fingerprint density at radius 1 is 0.889 bits per heavy atom. The number of hydrogen-bond acceptors (Lipinski definition) is 2. The van der Waals surface area contributed by atoms with E-state index < -0.39 is 0 Å². The summed E-state index contributed by atoms with van der Waals surface area (Å²) in [6.07, 6.45) is 1.53. The second kappa shape index (κ2) is 23.7. The molecule has 0 aromatic heterocycles. The van der Waals surface area contributed by atoms with Crippen molar-refractivity contribution in [2.24, 2.45) is 0 Å². The molecule has 0 aliphatic heterocycles. The molecule has 0 aromatic rings. The van der Waals surface area contributed by atoms with Gasteiger partial charge < -0.3 is 10.2 Å². The van der Waals surface area contributed by atoms with Crippen molar-refractivity contribution in [3.05, 3.63) is 0 Å². The zero-order chi connectivity index (χ0) is 6.83. The van der Waals surface area contributed by atoms with Gasteiger partial charge in [-0.15, -0.1) is 13.2 Å². The molecule has 0 amide bonds. The van der Waals surface area contributed by atoms with Crippen LogP contribution >= 0.6 is 0 Å². The monoisotopic (exact) mass is 194 g/mol. The van der Waals surface area contributed by atoms with Crippen molar-refractivity contribution in [1.29, 1.82) is 0 Å². The van der Waals surface area contributed by atoms with Gasteiger partial charge in [-0.2, -0.15) is 0 Å². The summed E-state index contributed by atoms with van der Waals surface area (Å²) < 4.78 is 0. The standard InChI is InChI=1S/2C3H7O.GeH2/c2*1-2-3-4;/h2*2-3H2,1H3;1H2/q2*-1;+2. The molecule has 0 spiro atoms. The van der Waals surface area contributed by atoms with Crippen LogP contribution < -0.4 is 10.2 Å². The Kier molecular flexibility index (Phi) is 42.7. The van der Waals surface area contributed by atoms with Crippen molar-refractivity contribution >= 4 is 17.6 Å². The SMILES string of the molecule is CCC[O-].CCC[O-].[GeH2+2]. The van der Waals surface area contributed by atoms with Crippen LogP contribution in [-0.2, 0) is 0 Å². The van der Waals surface area contributed by atoms with Gasteiger partial charge in [0.05, 0.1) is 0 Å². The second-order valence-corrected chi connectivity index (χ2v) is 1.41. The molecule has 56 valence electrons. The fraction of sp³-hybridized carbons (Fsp3) is 1.00. The fourth-order valence-electron chi connectivity index (χ4n) is 0. The van der Waals surface area contributed by atoms with E-state index in [0.29, 0.717) is 0 Å². The van der Waals surface area contributed by atoms with E-state index in [2.05, 4.69) is 0 Å². The van der Waals surface area contributed by atoms with Crippen LogP contribution in [0.3, 0.4) is 0 Å². The van der Waals surface area contributed by atoms with Gasteiger partial charge >= 0.3 is 17.6 Å². The molecule has 0 fully saturated rings. The van der Waals surface area contributed by atoms with E-state index in [-0.39, 0.29) is 30.8 Å². The van der Waals surface area contributed by atoms with Crippen molar-refractivity contribution < 1.29 is 10.2 Å². The molecule has 3 heteroatoms. The Morgan fingerprint density at radius 3 is 1.00 bits per heavy atom. The molecule has 0 N–H and O–H groups in total. The molecule has 0 aliphatic carbocycles. The number of rotatable bonds is 2. The Bertz CT molecular complexity index is 19.0. The zero-order valence-electron chi connectivity index (χ0n) is 6.35. The molecule has 0 heterocycles. The maximum atomic E-state index is 9.30. The quantitative estimate of drug-likeness (QED) is 0.506. The summed E-state index contributed by atoms with van der Waals surface area (Å²) in [5, 5.41) is 18.6. The van der Waals surface area contributed by atoms with Crippen LogP contribution in [0.1, 0.15) is 26.7 Å². The summed E-state index contributed by atoms with van der Waals surface area (Å²) in [5.41, 5.74) is 0. The molecule has 9 heavy (non-hydrogen) atoms. The van der Waals surface area contributed by atoms with Gasteiger partial charge in [0.25, 0.3) is 0 Å². The van der Waals surface area contributed by atoms with Gasteiger partial charge in [0.2, 0.25) is 0 Å². The van der Waals surface area contributed by atoms with Crippen molar-refractivity contribution in [1.82, 2.24) is 0 Å². The van der Waals surface area contributed by atoms with E-state index in [9.17, 15) is 10.2 Å². The van der Waals surface area contributed by atoms with Crippen LogP contribution in [-0.4, -0.2) is 30.8 Å². The van der Waals surface area contributed by atoms with E-state index >= 15 is 0 Å². The fourth-order valence-corrected chi connectivity index (χ4v) is 0. The summed E-state index contributed by atoms with van der Waals surface area (Å²) in [5.74, 6) is 0. The van der Waals surface area contributed by atoms with Crippen molar-refractivity contribution in [2.45, 2.75) is 26.7 Å². The average Bonchev–Trinajstić information content (AvgIpc) is 1.88. The van der Waals surface area contributed by atoms with Gasteiger partial charge in [0.1, 0.15) is 0 Å². The van der Waals surface area contributed by atoms with Crippen LogP contribution in [0.4, 0.5) is 0 Å². The van der Waals surface area contributed by atoms with E-state index in [0.717, 1.165) is 12.8 Å². The Balaban J connectivity index is -0.0000000720. The second-order valence-electron chi connectivity index (χ2n) is 1.41. The Morgan fingerprint density at radius 2 is 1.00 bits per heavy atom. The predicted molar refractivity (Wildman–Crippen MR) is 38.9 cm³/mol. The van der Waals surface area contributed by atoms with Crippen LogP contribution in [0.25, 0.3) is 0 Å². The van der Waals surface area contributed by atoms with E-state index in [4.69, 9.17) is 0 Å². The van der Waals surface area contributed by atoms with Gasteiger partial charge in [-0.05, 0) is 0 Å². The third-order valence-electron chi connectivity index (χ3n) is 0.408. The topological polar surface area (TPSA) is 46.1 Å². The Labute approximate surface area is 68.3 Å². The van der Waals surface area contributed by atoms with Gasteiger partial charge in [-0.25, -0.2) is 0 Å². The minimum absolute atomic E-state index is 0. The van der Waals surface area contributed by atoms with Crippen molar-refractivity contribution in [2.75, 3.05) is 13.2 Å². The van der Waals surface area contributed by atoms with Gasteiger partial charge in [-0.3, -0.25) is 0 Å². The summed E-state index contributed by atoms with van der Waals surface area (Å²) >= 11 is 0. The molecule has 0 aromatic carbocycles. The average molecular weight is 193 g/mol. The molecule has 0 radical (unpaired) electrons. The molecule has 0 atom stereocenters. The molecule has 0 rings (SSSR count). The normalized spacial score (nSPS) is 6.67. The van der Waals surface area contributed by atoms with Crippen molar-refractivity contribution in [3.8, 4) is 0 Å². The summed E-state index contributed by atoms with van der Waals surface area (Å²) in [6, 6.07) is 0. The first-order chi connectivity index (χ1) is 3.83. The zero-order valence-corrected chi connectivity index (χ0v) is 9.32. The first kappa shape index (κ1) is 16.2. The van der Waals surface area contributed by atoms with Crippen LogP contribution in [0.2, 0.25) is 0 Å². The third kappa shape index (κ3) is 58.3. The molecule has 0 bridgehead atoms. The number of hydrogen-bond donors (Lipinski definition) is 0. The molecule has 0 saturated heterocycles. The predicted octanol–water partition coefficient (Wildman–Crippen LogP) is -1.40. The van der Waals surface area contributed by atoms with Gasteiger partial charge in [-0.1, -0.05) is 26.7 Å². The summed E-state index contributed by atoms with van der Waals surface area (Å²) in [6.45, 7) is 3.88. The van der Waals surface area contributed by atoms with E-state index in [1.807, 2.05) is 13.8 Å². The van der Waals surface area contributed by atoms with Crippen molar-refractivity contribution in [3.63, 3.8) is 0 Å². The van der Waals surface area contributed by atoms with Crippen LogP contribution in [0.5, 0.6) is 0 Å². The Hall–Kier alpha value is 0.463. The maximum absolute atomic E-state index is 9.30. The molecule has 0 saturated carbocycles. The summed E-state index contributed by atoms with van der Waals surface area (Å²) in [7, 11) is 0. The first-order valence-corrected chi connectivity index (χ1v) is 2.99. The molecule has 2 nitrogen and oxygen atoms in total. The van der Waals surface area contributed by atoms with Gasteiger partial charge in [0, 0.05) is 0 Å². The molecule has 0 aliphatic rings. The van der Waals surface area contributed by atoms with Crippen LogP contribution in [0.15, 0.2) is 0 Å². The van der Waals surface area contributed by atoms with E-state index in [1.165, 1.54) is 0 Å².